The second-order valence-corrected chi connectivity index (χ2v) is 7.68. The average molecular weight is 386 g/mol. The number of benzene rings is 1. The molecule has 0 N–H and O–H groups in total. The van der Waals surface area contributed by atoms with E-state index in [9.17, 15) is 22.8 Å². The molecule has 1 heterocycles. The van der Waals surface area contributed by atoms with Crippen LogP contribution in [0.15, 0.2) is 30.3 Å². The van der Waals surface area contributed by atoms with Gasteiger partial charge in [0.1, 0.15) is 5.60 Å². The van der Waals surface area contributed by atoms with Gasteiger partial charge in [-0.25, -0.2) is 4.79 Å². The van der Waals surface area contributed by atoms with Gasteiger partial charge in [-0.3, -0.25) is 4.79 Å². The molecule has 0 saturated carbocycles. The minimum absolute atomic E-state index is 0.109. The molecule has 0 spiro atoms. The standard InChI is InChI=1S/C19H25F3N2O3/c1-18(2,3)27-17(26)23-11-7-8-14(12-23)13-24(16(25)19(20,21)22)15-9-5-4-6-10-15/h4-6,9-10,14H,7-8,11-13H2,1-3H3. The first kappa shape index (κ1) is 21.1. The molecule has 2 rings (SSSR count). The van der Waals surface area contributed by atoms with E-state index in [0.29, 0.717) is 19.4 Å². The number of carbonyl (C=O) groups excluding carboxylic acids is 2. The molecule has 5 nitrogen and oxygen atoms in total. The summed E-state index contributed by atoms with van der Waals surface area (Å²) < 4.78 is 44.5. The summed E-state index contributed by atoms with van der Waals surface area (Å²) in [5, 5.41) is 0. The van der Waals surface area contributed by atoms with Crippen molar-refractivity contribution in [1.29, 1.82) is 0 Å². The third-order valence-corrected chi connectivity index (χ3v) is 4.17. The minimum Gasteiger partial charge on any atom is -0.444 e. The van der Waals surface area contributed by atoms with E-state index in [0.717, 1.165) is 4.90 Å². The number of nitrogens with zero attached hydrogens (tertiary/aromatic N) is 2. The lowest BCUT2D eigenvalue weighted by Crippen LogP contribution is -2.49. The van der Waals surface area contributed by atoms with Gasteiger partial charge in [0.15, 0.2) is 0 Å². The fraction of sp³-hybridized carbons (Fsp3) is 0.579. The van der Waals surface area contributed by atoms with Gasteiger partial charge in [0.05, 0.1) is 0 Å². The van der Waals surface area contributed by atoms with Crippen LogP contribution in [-0.4, -0.2) is 48.3 Å². The van der Waals surface area contributed by atoms with E-state index in [2.05, 4.69) is 0 Å². The third-order valence-electron chi connectivity index (χ3n) is 4.17. The first-order chi connectivity index (χ1) is 12.5. The molecular formula is C19H25F3N2O3. The van der Waals surface area contributed by atoms with Gasteiger partial charge in [-0.15, -0.1) is 0 Å². The summed E-state index contributed by atoms with van der Waals surface area (Å²) in [6, 6.07) is 7.78. The first-order valence-corrected chi connectivity index (χ1v) is 8.89. The second-order valence-electron chi connectivity index (χ2n) is 7.68. The van der Waals surface area contributed by atoms with E-state index in [1.807, 2.05) is 0 Å². The molecule has 1 unspecified atom stereocenters. The molecule has 8 heteroatoms. The topological polar surface area (TPSA) is 49.9 Å². The number of carbonyl (C=O) groups is 2. The monoisotopic (exact) mass is 386 g/mol. The predicted molar refractivity (Wildman–Crippen MR) is 95.4 cm³/mol. The van der Waals surface area contributed by atoms with Crippen LogP contribution in [0, 0.1) is 5.92 Å². The summed E-state index contributed by atoms with van der Waals surface area (Å²) in [6.07, 6.45) is -4.17. The van der Waals surface area contributed by atoms with Crippen molar-refractivity contribution in [3.05, 3.63) is 30.3 Å². The molecule has 1 aromatic carbocycles. The van der Waals surface area contributed by atoms with E-state index in [-0.39, 0.29) is 24.7 Å². The highest BCUT2D eigenvalue weighted by atomic mass is 19.4. The lowest BCUT2D eigenvalue weighted by molar-refractivity contribution is -0.170. The predicted octanol–water partition coefficient (Wildman–Crippen LogP) is 4.23. The molecule has 2 amide bonds. The Morgan fingerprint density at radius 1 is 1.19 bits per heavy atom. The number of ether oxygens (including phenoxy) is 1. The molecule has 1 aromatic rings. The van der Waals surface area contributed by atoms with Crippen molar-refractivity contribution in [3.63, 3.8) is 0 Å². The van der Waals surface area contributed by atoms with Gasteiger partial charge in [0, 0.05) is 25.3 Å². The van der Waals surface area contributed by atoms with Crippen molar-refractivity contribution in [2.75, 3.05) is 24.5 Å². The smallest absolute Gasteiger partial charge is 0.444 e. The number of hydrogen-bond donors (Lipinski definition) is 0. The number of halogens is 3. The van der Waals surface area contributed by atoms with Crippen molar-refractivity contribution in [3.8, 4) is 0 Å². The van der Waals surface area contributed by atoms with Crippen LogP contribution in [0.3, 0.4) is 0 Å². The quantitative estimate of drug-likeness (QED) is 0.781. The highest BCUT2D eigenvalue weighted by molar-refractivity contribution is 5.97. The fourth-order valence-corrected chi connectivity index (χ4v) is 3.03. The van der Waals surface area contributed by atoms with E-state index in [4.69, 9.17) is 4.74 Å². The molecule has 0 aromatic heterocycles. The van der Waals surface area contributed by atoms with Crippen LogP contribution < -0.4 is 4.90 Å². The van der Waals surface area contributed by atoms with E-state index < -0.39 is 23.8 Å². The molecule has 0 aliphatic carbocycles. The van der Waals surface area contributed by atoms with Crippen LogP contribution in [0.4, 0.5) is 23.7 Å². The minimum atomic E-state index is -4.96. The SMILES string of the molecule is CC(C)(C)OC(=O)N1CCCC(CN(C(=O)C(F)(F)F)c2ccccc2)C1. The molecular weight excluding hydrogens is 361 g/mol. The molecule has 1 fully saturated rings. The maximum Gasteiger partial charge on any atom is 0.471 e. The van der Waals surface area contributed by atoms with Gasteiger partial charge in [0.2, 0.25) is 0 Å². The third kappa shape index (κ3) is 6.15. The zero-order chi connectivity index (χ0) is 20.2. The number of amides is 2. The molecule has 1 aliphatic rings. The Balaban J connectivity index is 2.12. The largest absolute Gasteiger partial charge is 0.471 e. The van der Waals surface area contributed by atoms with E-state index in [1.165, 1.54) is 17.0 Å². The van der Waals surface area contributed by atoms with Gasteiger partial charge < -0.3 is 14.5 Å². The summed E-state index contributed by atoms with van der Waals surface area (Å²) >= 11 is 0. The Labute approximate surface area is 157 Å². The second kappa shape index (κ2) is 8.19. The van der Waals surface area contributed by atoms with Crippen LogP contribution in [0.25, 0.3) is 0 Å². The van der Waals surface area contributed by atoms with Gasteiger partial charge in [-0.1, -0.05) is 18.2 Å². The van der Waals surface area contributed by atoms with Crippen molar-refractivity contribution in [1.82, 2.24) is 4.90 Å². The van der Waals surface area contributed by atoms with Gasteiger partial charge in [-0.05, 0) is 51.7 Å². The lowest BCUT2D eigenvalue weighted by atomic mass is 9.97. The van der Waals surface area contributed by atoms with Gasteiger partial charge >= 0.3 is 18.2 Å². The van der Waals surface area contributed by atoms with Crippen LogP contribution in [0.2, 0.25) is 0 Å². The summed E-state index contributed by atoms with van der Waals surface area (Å²) in [5.74, 6) is -2.17. The normalized spacial score (nSPS) is 18.1. The van der Waals surface area contributed by atoms with Crippen LogP contribution >= 0.6 is 0 Å². The Kier molecular flexibility index (Phi) is 6.38. The van der Waals surface area contributed by atoms with Gasteiger partial charge in [0.25, 0.3) is 0 Å². The van der Waals surface area contributed by atoms with Crippen LogP contribution in [0.1, 0.15) is 33.6 Å². The van der Waals surface area contributed by atoms with E-state index >= 15 is 0 Å². The maximum atomic E-state index is 13.1. The van der Waals surface area contributed by atoms with Gasteiger partial charge in [-0.2, -0.15) is 13.2 Å². The van der Waals surface area contributed by atoms with Crippen molar-refractivity contribution in [2.24, 2.45) is 5.92 Å². The van der Waals surface area contributed by atoms with Crippen molar-refractivity contribution < 1.29 is 27.5 Å². The highest BCUT2D eigenvalue weighted by Crippen LogP contribution is 2.27. The molecule has 150 valence electrons. The number of piperidine rings is 1. The number of anilines is 1. The Hall–Kier alpha value is -2.25. The Morgan fingerprint density at radius 2 is 1.81 bits per heavy atom. The van der Waals surface area contributed by atoms with Crippen molar-refractivity contribution in [2.45, 2.75) is 45.4 Å². The number of para-hydroxylation sites is 1. The molecule has 0 bridgehead atoms. The summed E-state index contributed by atoms with van der Waals surface area (Å²) in [7, 11) is 0. The summed E-state index contributed by atoms with van der Waals surface area (Å²) in [5.41, 5.74) is -0.457. The van der Waals surface area contributed by atoms with Crippen LogP contribution in [-0.2, 0) is 9.53 Å². The average Bonchev–Trinajstić information content (AvgIpc) is 2.58. The van der Waals surface area contributed by atoms with Crippen molar-refractivity contribution >= 4 is 17.7 Å². The maximum absolute atomic E-state index is 13.1. The zero-order valence-corrected chi connectivity index (χ0v) is 15.8. The molecule has 1 aliphatic heterocycles. The lowest BCUT2D eigenvalue weighted by Gasteiger charge is -2.36. The highest BCUT2D eigenvalue weighted by Gasteiger charge is 2.44. The number of likely N-dealkylation sites (tertiary alicyclic amines) is 1. The molecule has 1 atom stereocenters. The zero-order valence-electron chi connectivity index (χ0n) is 15.8. The first-order valence-electron chi connectivity index (χ1n) is 8.89. The molecule has 27 heavy (non-hydrogen) atoms. The summed E-state index contributed by atoms with van der Waals surface area (Å²) in [6.45, 7) is 5.90. The number of rotatable bonds is 3. The molecule has 0 radical (unpaired) electrons. The summed E-state index contributed by atoms with van der Waals surface area (Å²) in [4.78, 5) is 26.4. The number of hydrogen-bond acceptors (Lipinski definition) is 3. The van der Waals surface area contributed by atoms with E-state index in [1.54, 1.807) is 39.0 Å². The Morgan fingerprint density at radius 3 is 2.37 bits per heavy atom. The Bertz CT molecular complexity index is 656. The fourth-order valence-electron chi connectivity index (χ4n) is 3.03. The number of alkyl halides is 3. The molecule has 1 saturated heterocycles. The van der Waals surface area contributed by atoms with Crippen LogP contribution in [0.5, 0.6) is 0 Å².